The molecule has 1 atom stereocenters. The average Bonchev–Trinajstić information content (AvgIpc) is 3.05. The van der Waals surface area contributed by atoms with E-state index in [1.54, 1.807) is 30.5 Å². The summed E-state index contributed by atoms with van der Waals surface area (Å²) in [6.45, 7) is 1.90. The number of rotatable bonds is 6. The van der Waals surface area contributed by atoms with Gasteiger partial charge in [0.05, 0.1) is 13.5 Å². The molecule has 0 spiro atoms. The molecule has 0 saturated carbocycles. The van der Waals surface area contributed by atoms with Crippen LogP contribution in [-0.4, -0.2) is 23.2 Å². The molecule has 7 heteroatoms. The van der Waals surface area contributed by atoms with Crippen molar-refractivity contribution in [3.05, 3.63) is 69.7 Å². The van der Waals surface area contributed by atoms with Crippen molar-refractivity contribution in [2.75, 3.05) is 7.11 Å². The average molecular weight is 389 g/mol. The van der Waals surface area contributed by atoms with E-state index >= 15 is 0 Å². The van der Waals surface area contributed by atoms with Crippen LogP contribution in [0.5, 0.6) is 5.75 Å². The minimum absolute atomic E-state index is 0.0616. The fourth-order valence-corrected chi connectivity index (χ4v) is 3.86. The number of halogens is 2. The number of methoxy groups -OCH3 is 1. The van der Waals surface area contributed by atoms with E-state index in [0.717, 1.165) is 10.9 Å². The zero-order valence-corrected chi connectivity index (χ0v) is 15.5. The Labute approximate surface area is 159 Å². The number of carbonyl (C=O) groups is 1. The first-order valence-electron chi connectivity index (χ1n) is 8.16. The molecule has 4 nitrogen and oxygen atoms in total. The van der Waals surface area contributed by atoms with Gasteiger partial charge in [0.1, 0.15) is 10.8 Å². The Morgan fingerprint density at radius 3 is 2.70 bits per heavy atom. The van der Waals surface area contributed by atoms with Crippen molar-refractivity contribution in [1.82, 2.24) is 4.98 Å². The van der Waals surface area contributed by atoms with Gasteiger partial charge in [0.2, 0.25) is 0 Å². The van der Waals surface area contributed by atoms with Gasteiger partial charge >= 0.3 is 5.97 Å². The summed E-state index contributed by atoms with van der Waals surface area (Å²) < 4.78 is 32.9. The van der Waals surface area contributed by atoms with Crippen molar-refractivity contribution in [1.29, 1.82) is 0 Å². The lowest BCUT2D eigenvalue weighted by Crippen LogP contribution is -2.08. The Bertz CT molecular complexity index is 987. The summed E-state index contributed by atoms with van der Waals surface area (Å²) in [5.74, 6) is -2.98. The van der Waals surface area contributed by atoms with Crippen molar-refractivity contribution in [2.45, 2.75) is 19.3 Å². The smallest absolute Gasteiger partial charge is 0.304 e. The fraction of sp³-hybridized carbons (Fsp3) is 0.200. The highest BCUT2D eigenvalue weighted by Gasteiger charge is 2.22. The molecule has 1 N–H and O–H groups in total. The molecule has 140 valence electrons. The molecule has 0 aliphatic heterocycles. The minimum atomic E-state index is -0.951. The van der Waals surface area contributed by atoms with Gasteiger partial charge in [-0.3, -0.25) is 4.79 Å². The maximum Gasteiger partial charge on any atom is 0.304 e. The predicted octanol–water partition coefficient (Wildman–Crippen LogP) is 5.01. The number of hydrogen-bond donors (Lipinski definition) is 1. The topological polar surface area (TPSA) is 59.4 Å². The zero-order valence-electron chi connectivity index (χ0n) is 14.7. The van der Waals surface area contributed by atoms with E-state index in [0.29, 0.717) is 16.1 Å². The van der Waals surface area contributed by atoms with Crippen LogP contribution in [0.2, 0.25) is 0 Å². The molecule has 2 aromatic carbocycles. The number of nitrogens with zero attached hydrogens (tertiary/aromatic N) is 1. The predicted molar refractivity (Wildman–Crippen MR) is 99.3 cm³/mol. The summed E-state index contributed by atoms with van der Waals surface area (Å²) in [5.41, 5.74) is 1.50. The maximum absolute atomic E-state index is 14.0. The standard InChI is InChI=1S/C20H17F2NO3S/c1-11-10-23-20(27-11)16(9-18(24)25)13-5-3-4-12(6-13)15-7-14(21)8-17(22)19(15)26-2/h3-8,10,16H,9H2,1-2H3,(H,24,25). The Balaban J connectivity index is 2.10. The number of hydrogen-bond acceptors (Lipinski definition) is 4. The lowest BCUT2D eigenvalue weighted by atomic mass is 9.92. The first-order chi connectivity index (χ1) is 12.9. The number of aliphatic carboxylic acids is 1. The van der Waals surface area contributed by atoms with E-state index < -0.39 is 23.5 Å². The summed E-state index contributed by atoms with van der Waals surface area (Å²) in [5, 5.41) is 10.00. The highest BCUT2D eigenvalue weighted by atomic mass is 32.1. The number of aromatic nitrogens is 1. The lowest BCUT2D eigenvalue weighted by molar-refractivity contribution is -0.137. The largest absolute Gasteiger partial charge is 0.493 e. The van der Waals surface area contributed by atoms with Crippen molar-refractivity contribution in [2.24, 2.45) is 0 Å². The van der Waals surface area contributed by atoms with Crippen LogP contribution in [0, 0.1) is 18.6 Å². The van der Waals surface area contributed by atoms with E-state index in [-0.39, 0.29) is 17.7 Å². The van der Waals surface area contributed by atoms with E-state index in [4.69, 9.17) is 4.74 Å². The Kier molecular flexibility index (Phi) is 5.51. The van der Waals surface area contributed by atoms with Gasteiger partial charge in [0.15, 0.2) is 11.6 Å². The van der Waals surface area contributed by atoms with Gasteiger partial charge in [0.25, 0.3) is 0 Å². The highest BCUT2D eigenvalue weighted by molar-refractivity contribution is 7.11. The number of carboxylic acids is 1. The molecule has 3 rings (SSSR count). The Hall–Kier alpha value is -2.80. The quantitative estimate of drug-likeness (QED) is 0.644. The molecule has 0 amide bonds. The fourth-order valence-electron chi connectivity index (χ4n) is 2.96. The molecule has 1 heterocycles. The SMILES string of the molecule is COc1c(F)cc(F)cc1-c1cccc(C(CC(=O)O)c2ncc(C)s2)c1. The zero-order chi connectivity index (χ0) is 19.6. The molecule has 0 bridgehead atoms. The number of aryl methyl sites for hydroxylation is 1. The molecule has 27 heavy (non-hydrogen) atoms. The third-order valence-corrected chi connectivity index (χ3v) is 5.15. The summed E-state index contributed by atoms with van der Waals surface area (Å²) in [6.07, 6.45) is 1.56. The number of carboxylic acid groups (broad SMARTS) is 1. The van der Waals surface area contributed by atoms with Gasteiger partial charge in [-0.25, -0.2) is 13.8 Å². The summed E-state index contributed by atoms with van der Waals surface area (Å²) in [7, 11) is 1.31. The van der Waals surface area contributed by atoms with Crippen LogP contribution >= 0.6 is 11.3 Å². The van der Waals surface area contributed by atoms with Crippen LogP contribution in [0.3, 0.4) is 0 Å². The van der Waals surface area contributed by atoms with Crippen LogP contribution in [-0.2, 0) is 4.79 Å². The normalized spacial score (nSPS) is 12.0. The van der Waals surface area contributed by atoms with Crippen LogP contribution < -0.4 is 4.74 Å². The second kappa shape index (κ2) is 7.84. The Morgan fingerprint density at radius 1 is 1.30 bits per heavy atom. The number of ether oxygens (including phenoxy) is 1. The van der Waals surface area contributed by atoms with Gasteiger partial charge in [-0.1, -0.05) is 24.3 Å². The van der Waals surface area contributed by atoms with Gasteiger partial charge in [-0.15, -0.1) is 11.3 Å². The van der Waals surface area contributed by atoms with Gasteiger partial charge in [-0.05, 0) is 24.1 Å². The van der Waals surface area contributed by atoms with Gasteiger partial charge in [0, 0.05) is 28.6 Å². The molecule has 3 aromatic rings. The first kappa shape index (κ1) is 19.0. The van der Waals surface area contributed by atoms with E-state index in [9.17, 15) is 18.7 Å². The molecule has 1 unspecified atom stereocenters. The molecule has 0 aliphatic rings. The highest BCUT2D eigenvalue weighted by Crippen LogP contribution is 2.37. The molecule has 0 aliphatic carbocycles. The van der Waals surface area contributed by atoms with Crippen molar-refractivity contribution < 1.29 is 23.4 Å². The second-order valence-corrected chi connectivity index (χ2v) is 7.32. The molecule has 0 saturated heterocycles. The van der Waals surface area contributed by atoms with Crippen LogP contribution in [0.15, 0.2) is 42.6 Å². The van der Waals surface area contributed by atoms with E-state index in [2.05, 4.69) is 4.98 Å². The molecule has 1 aromatic heterocycles. The minimum Gasteiger partial charge on any atom is -0.493 e. The monoisotopic (exact) mass is 389 g/mol. The van der Waals surface area contributed by atoms with Crippen molar-refractivity contribution in [3.63, 3.8) is 0 Å². The maximum atomic E-state index is 14.0. The molecule has 0 fully saturated rings. The van der Waals surface area contributed by atoms with Gasteiger partial charge < -0.3 is 9.84 Å². The molecule has 0 radical (unpaired) electrons. The second-order valence-electron chi connectivity index (χ2n) is 6.05. The van der Waals surface area contributed by atoms with E-state index in [1.165, 1.54) is 24.5 Å². The number of benzene rings is 2. The van der Waals surface area contributed by atoms with Crippen LogP contribution in [0.25, 0.3) is 11.1 Å². The van der Waals surface area contributed by atoms with E-state index in [1.807, 2.05) is 6.92 Å². The first-order valence-corrected chi connectivity index (χ1v) is 8.98. The van der Waals surface area contributed by atoms with Crippen LogP contribution in [0.4, 0.5) is 8.78 Å². The third kappa shape index (κ3) is 4.14. The summed E-state index contributed by atoms with van der Waals surface area (Å²) >= 11 is 1.43. The third-order valence-electron chi connectivity index (χ3n) is 4.13. The lowest BCUT2D eigenvalue weighted by Gasteiger charge is -2.15. The molecular formula is C20H17F2NO3S. The summed E-state index contributed by atoms with van der Waals surface area (Å²) in [6, 6.07) is 8.89. The van der Waals surface area contributed by atoms with Crippen molar-refractivity contribution >= 4 is 17.3 Å². The Morgan fingerprint density at radius 2 is 2.07 bits per heavy atom. The summed E-state index contributed by atoms with van der Waals surface area (Å²) in [4.78, 5) is 16.7. The number of thiazole rings is 1. The van der Waals surface area contributed by atoms with Gasteiger partial charge in [-0.2, -0.15) is 0 Å². The van der Waals surface area contributed by atoms with Crippen LogP contribution in [0.1, 0.15) is 27.8 Å². The molecular weight excluding hydrogens is 372 g/mol. The van der Waals surface area contributed by atoms with Crippen molar-refractivity contribution in [3.8, 4) is 16.9 Å².